The summed E-state index contributed by atoms with van der Waals surface area (Å²) in [4.78, 5) is 2.27. The molecule has 0 aromatic carbocycles. The van der Waals surface area contributed by atoms with Gasteiger partial charge in [0.2, 0.25) is 0 Å². The third-order valence-electron chi connectivity index (χ3n) is 1.57. The molecule has 2 heteroatoms. The minimum absolute atomic E-state index is 0.791. The summed E-state index contributed by atoms with van der Waals surface area (Å²) in [6.07, 6.45) is 1.08. The molecule has 0 fully saturated rings. The zero-order valence-electron chi connectivity index (χ0n) is 9.89. The first kappa shape index (κ1) is 15.0. The first-order valence-corrected chi connectivity index (χ1v) is 5.13. The van der Waals surface area contributed by atoms with Gasteiger partial charge in [0, 0.05) is 6.54 Å². The van der Waals surface area contributed by atoms with E-state index in [-0.39, 0.29) is 0 Å². The maximum absolute atomic E-state index is 5.22. The van der Waals surface area contributed by atoms with Gasteiger partial charge in [0.1, 0.15) is 0 Å². The zero-order chi connectivity index (χ0) is 10.7. The number of rotatable bonds is 6. The first-order chi connectivity index (χ1) is 6.16. The van der Waals surface area contributed by atoms with E-state index in [1.54, 1.807) is 0 Å². The Morgan fingerprint density at radius 3 is 2.31 bits per heavy atom. The fraction of sp³-hybridized carbons (Fsp3) is 0.818. The first-order valence-electron chi connectivity index (χ1n) is 5.13. The van der Waals surface area contributed by atoms with E-state index in [0.717, 1.165) is 31.9 Å². The van der Waals surface area contributed by atoms with Gasteiger partial charge in [0.05, 0.1) is 12.4 Å². The molecule has 2 nitrogen and oxygen atoms in total. The Kier molecular flexibility index (Phi) is 13.3. The van der Waals surface area contributed by atoms with Crippen LogP contribution in [-0.4, -0.2) is 31.6 Å². The average Bonchev–Trinajstić information content (AvgIpc) is 2.15. The summed E-state index contributed by atoms with van der Waals surface area (Å²) >= 11 is 0. The van der Waals surface area contributed by atoms with Crippen LogP contribution >= 0.6 is 0 Å². The van der Waals surface area contributed by atoms with Crippen molar-refractivity contribution < 1.29 is 4.74 Å². The Balaban J connectivity index is 0. The molecule has 0 radical (unpaired) electrons. The van der Waals surface area contributed by atoms with Crippen LogP contribution in [0.4, 0.5) is 0 Å². The predicted molar refractivity (Wildman–Crippen MR) is 59.9 cm³/mol. The van der Waals surface area contributed by atoms with Crippen LogP contribution in [0.2, 0.25) is 0 Å². The van der Waals surface area contributed by atoms with Crippen molar-refractivity contribution in [3.8, 4) is 0 Å². The van der Waals surface area contributed by atoms with Crippen LogP contribution in [0.15, 0.2) is 12.3 Å². The van der Waals surface area contributed by atoms with Crippen molar-refractivity contribution in [2.75, 3.05) is 26.7 Å². The van der Waals surface area contributed by atoms with E-state index in [9.17, 15) is 0 Å². The zero-order valence-corrected chi connectivity index (χ0v) is 9.89. The maximum Gasteiger partial charge on any atom is 0.0889 e. The van der Waals surface area contributed by atoms with Crippen molar-refractivity contribution in [1.82, 2.24) is 4.90 Å². The largest absolute Gasteiger partial charge is 0.499 e. The summed E-state index contributed by atoms with van der Waals surface area (Å²) in [6.45, 7) is 14.7. The third-order valence-corrected chi connectivity index (χ3v) is 1.57. The summed E-state index contributed by atoms with van der Waals surface area (Å²) < 4.78 is 5.22. The minimum Gasteiger partial charge on any atom is -0.499 e. The lowest BCUT2D eigenvalue weighted by molar-refractivity contribution is 0.195. The van der Waals surface area contributed by atoms with Crippen LogP contribution in [0.25, 0.3) is 0 Å². The third kappa shape index (κ3) is 14.4. The van der Waals surface area contributed by atoms with Crippen LogP contribution in [0.5, 0.6) is 0 Å². The highest BCUT2D eigenvalue weighted by Crippen LogP contribution is 1.93. The van der Waals surface area contributed by atoms with Gasteiger partial charge in [-0.25, -0.2) is 0 Å². The number of ether oxygens (including phenoxy) is 1. The maximum atomic E-state index is 5.22. The van der Waals surface area contributed by atoms with Gasteiger partial charge in [-0.1, -0.05) is 27.4 Å². The molecule has 0 aliphatic rings. The Hall–Kier alpha value is -0.500. The van der Waals surface area contributed by atoms with E-state index in [1.165, 1.54) is 0 Å². The average molecular weight is 187 g/mol. The molecule has 0 aliphatic heterocycles. The van der Waals surface area contributed by atoms with Crippen molar-refractivity contribution >= 4 is 0 Å². The Bertz CT molecular complexity index is 113. The molecule has 0 amide bonds. The molecule has 0 aliphatic carbocycles. The lowest BCUT2D eigenvalue weighted by Crippen LogP contribution is -2.19. The molecule has 0 rings (SSSR count). The van der Waals surface area contributed by atoms with Gasteiger partial charge in [-0.15, -0.1) is 0 Å². The standard InChI is InChI=1S/C9H19NO.C2H6/c1-5-10(4)7-6-8-11-9(2)3;1-2/h2,5-8H2,1,3-4H3;1-2H3. The number of nitrogens with zero attached hydrogens (tertiary/aromatic N) is 1. The molecule has 80 valence electrons. The lowest BCUT2D eigenvalue weighted by Gasteiger charge is -2.13. The minimum atomic E-state index is 0.791. The van der Waals surface area contributed by atoms with Gasteiger partial charge in [-0.05, 0) is 26.9 Å². The fourth-order valence-electron chi connectivity index (χ4n) is 0.739. The van der Waals surface area contributed by atoms with Gasteiger partial charge in [-0.3, -0.25) is 0 Å². The summed E-state index contributed by atoms with van der Waals surface area (Å²) in [5.41, 5.74) is 0. The second kappa shape index (κ2) is 11.5. The highest BCUT2D eigenvalue weighted by Gasteiger charge is 1.93. The van der Waals surface area contributed by atoms with Gasteiger partial charge in [-0.2, -0.15) is 0 Å². The molecular formula is C11H25NO. The fourth-order valence-corrected chi connectivity index (χ4v) is 0.739. The van der Waals surface area contributed by atoms with E-state index in [4.69, 9.17) is 4.74 Å². The Morgan fingerprint density at radius 2 is 1.92 bits per heavy atom. The molecule has 0 saturated heterocycles. The molecule has 0 aromatic heterocycles. The van der Waals surface area contributed by atoms with Crippen LogP contribution in [-0.2, 0) is 4.74 Å². The van der Waals surface area contributed by atoms with Gasteiger partial charge >= 0.3 is 0 Å². The van der Waals surface area contributed by atoms with Gasteiger partial charge < -0.3 is 9.64 Å². The van der Waals surface area contributed by atoms with Crippen LogP contribution in [0.1, 0.15) is 34.1 Å². The molecule has 0 N–H and O–H groups in total. The quantitative estimate of drug-likeness (QED) is 0.468. The van der Waals surface area contributed by atoms with Crippen molar-refractivity contribution in [3.05, 3.63) is 12.3 Å². The molecule has 0 spiro atoms. The van der Waals surface area contributed by atoms with Gasteiger partial charge in [0.15, 0.2) is 0 Å². The van der Waals surface area contributed by atoms with Crippen molar-refractivity contribution in [3.63, 3.8) is 0 Å². The second-order valence-corrected chi connectivity index (χ2v) is 2.80. The summed E-state index contributed by atoms with van der Waals surface area (Å²) in [5.74, 6) is 0.809. The molecule has 0 heterocycles. The van der Waals surface area contributed by atoms with Crippen molar-refractivity contribution in [1.29, 1.82) is 0 Å². The Morgan fingerprint density at radius 1 is 1.38 bits per heavy atom. The monoisotopic (exact) mass is 187 g/mol. The van der Waals surface area contributed by atoms with Crippen molar-refractivity contribution in [2.45, 2.75) is 34.1 Å². The van der Waals surface area contributed by atoms with E-state index < -0.39 is 0 Å². The summed E-state index contributed by atoms with van der Waals surface area (Å²) in [6, 6.07) is 0. The molecule has 0 saturated carbocycles. The molecule has 13 heavy (non-hydrogen) atoms. The lowest BCUT2D eigenvalue weighted by atomic mass is 10.4. The summed E-state index contributed by atoms with van der Waals surface area (Å²) in [7, 11) is 2.11. The number of hydrogen-bond acceptors (Lipinski definition) is 2. The SMILES string of the molecule is C=C(C)OCCCN(C)CC.CC. The van der Waals surface area contributed by atoms with Crippen LogP contribution in [0.3, 0.4) is 0 Å². The second-order valence-electron chi connectivity index (χ2n) is 2.80. The number of hydrogen-bond donors (Lipinski definition) is 0. The van der Waals surface area contributed by atoms with Crippen LogP contribution < -0.4 is 0 Å². The van der Waals surface area contributed by atoms with E-state index in [2.05, 4.69) is 25.5 Å². The number of allylic oxidation sites excluding steroid dienone is 1. The molecule has 0 aromatic rings. The van der Waals surface area contributed by atoms with E-state index in [0.29, 0.717) is 0 Å². The van der Waals surface area contributed by atoms with Crippen molar-refractivity contribution in [2.24, 2.45) is 0 Å². The molecule has 0 atom stereocenters. The van der Waals surface area contributed by atoms with E-state index in [1.807, 2.05) is 20.8 Å². The smallest absolute Gasteiger partial charge is 0.0889 e. The molecule has 0 unspecified atom stereocenters. The highest BCUT2D eigenvalue weighted by atomic mass is 16.5. The van der Waals surface area contributed by atoms with Crippen LogP contribution in [0, 0.1) is 0 Å². The molecule has 0 bridgehead atoms. The van der Waals surface area contributed by atoms with Gasteiger partial charge in [0.25, 0.3) is 0 Å². The van der Waals surface area contributed by atoms with E-state index >= 15 is 0 Å². The topological polar surface area (TPSA) is 12.5 Å². The predicted octanol–water partition coefficient (Wildman–Crippen LogP) is 2.90. The molecular weight excluding hydrogens is 162 g/mol. The summed E-state index contributed by atoms with van der Waals surface area (Å²) in [5, 5.41) is 0. The normalized spacial score (nSPS) is 9.08. The highest BCUT2D eigenvalue weighted by molar-refractivity contribution is 4.73. The Labute approximate surface area is 83.6 Å².